The van der Waals surface area contributed by atoms with Gasteiger partial charge in [0.15, 0.2) is 47.6 Å². The van der Waals surface area contributed by atoms with E-state index in [9.17, 15) is 0 Å². The lowest BCUT2D eigenvalue weighted by atomic mass is 10.2. The maximum atomic E-state index is 4.25. The molecule has 0 aromatic carbocycles. The number of aromatic nitrogens is 4. The first kappa shape index (κ1) is 50.8. The van der Waals surface area contributed by atoms with Gasteiger partial charge >= 0.3 is 0 Å². The number of nitrogens with two attached hydrogens (primary N) is 2. The summed E-state index contributed by atoms with van der Waals surface area (Å²) in [5.41, 5.74) is 5.20. The van der Waals surface area contributed by atoms with Crippen molar-refractivity contribution in [1.82, 2.24) is 0 Å². The van der Waals surface area contributed by atoms with Crippen LogP contribution in [0.3, 0.4) is 0 Å². The van der Waals surface area contributed by atoms with E-state index in [1.54, 1.807) is 14.2 Å². The summed E-state index contributed by atoms with van der Waals surface area (Å²) in [6, 6.07) is 24.9. The van der Waals surface area contributed by atoms with Crippen molar-refractivity contribution in [2.45, 2.75) is 25.7 Å². The van der Waals surface area contributed by atoms with Crippen LogP contribution >= 0.6 is 0 Å². The Hall–Kier alpha value is -1.78. The molecule has 7 nitrogen and oxygen atoms in total. The van der Waals surface area contributed by atoms with Crippen LogP contribution in [0.2, 0.25) is 0 Å². The van der Waals surface area contributed by atoms with Crippen molar-refractivity contribution in [2.24, 2.45) is 0 Å². The molecule has 8 N–H and O–H groups in total. The van der Waals surface area contributed by atoms with E-state index in [4.69, 9.17) is 0 Å². The average molecular weight is 719 g/mol. The summed E-state index contributed by atoms with van der Waals surface area (Å²) in [7, 11) is 3.25. The van der Waals surface area contributed by atoms with E-state index in [1.807, 2.05) is 49.1 Å². The van der Waals surface area contributed by atoms with E-state index in [0.717, 1.165) is 51.9 Å². The Kier molecular flexibility index (Phi) is 43.0. The number of nitrogens with one attached hydrogen (secondary N) is 4. The summed E-state index contributed by atoms with van der Waals surface area (Å²) in [6.07, 6.45) is 12.3. The van der Waals surface area contributed by atoms with Gasteiger partial charge in [-0.2, -0.15) is 0 Å². The average Bonchev–Trinajstić information content (AvgIpc) is 2.96. The first-order valence-electron chi connectivity index (χ1n) is 13.2. The van der Waals surface area contributed by atoms with Gasteiger partial charge in [-0.1, -0.05) is 24.3 Å². The first-order chi connectivity index (χ1) is 18.3. The molecule has 4 aromatic heterocycles. The smallest absolute Gasteiger partial charge is 0.185 e. The molecule has 13 heteroatoms. The molecule has 0 bridgehead atoms. The number of methoxy groups -OCH3 is 1. The summed E-state index contributed by atoms with van der Waals surface area (Å²) in [5, 5.41) is 4.73. The van der Waals surface area contributed by atoms with Crippen molar-refractivity contribution >= 4 is 0 Å². The molecule has 43 heavy (non-hydrogen) atoms. The summed E-state index contributed by atoms with van der Waals surface area (Å²) >= 11 is 0. The number of H-pyrrole nitrogens is 4. The van der Waals surface area contributed by atoms with Crippen LogP contribution in [0, 0.1) is 0 Å². The number of hydrogen-bond donors (Lipinski definition) is 2. The minimum Gasteiger partial charge on any atom is -1.00 e. The highest BCUT2D eigenvalue weighted by atomic mass is 35.5. The summed E-state index contributed by atoms with van der Waals surface area (Å²) in [4.78, 5) is 13.0. The predicted molar refractivity (Wildman–Crippen MR) is 143 cm³/mol. The fourth-order valence-electron chi connectivity index (χ4n) is 3.66. The van der Waals surface area contributed by atoms with Crippen LogP contribution in [-0.2, 0) is 30.4 Å². The van der Waals surface area contributed by atoms with E-state index in [1.165, 1.54) is 22.8 Å². The highest BCUT2D eigenvalue weighted by molar-refractivity contribution is 4.98. The molecule has 4 heterocycles. The van der Waals surface area contributed by atoms with Gasteiger partial charge in [-0.3, -0.25) is 0 Å². The van der Waals surface area contributed by atoms with Gasteiger partial charge < -0.3 is 89.8 Å². The summed E-state index contributed by atoms with van der Waals surface area (Å²) < 4.78 is 4.25. The fraction of sp³-hybridized carbons (Fsp3) is 0.333. The van der Waals surface area contributed by atoms with Gasteiger partial charge in [0.05, 0.1) is 51.9 Å². The van der Waals surface area contributed by atoms with E-state index < -0.39 is 0 Å². The molecule has 0 atom stereocenters. The first-order valence-corrected chi connectivity index (χ1v) is 13.2. The number of halogens is 6. The van der Waals surface area contributed by atoms with Gasteiger partial charge in [-0.15, -0.1) is 0 Å². The van der Waals surface area contributed by atoms with Crippen molar-refractivity contribution in [3.63, 3.8) is 0 Å². The van der Waals surface area contributed by atoms with Crippen LogP contribution in [0.1, 0.15) is 22.8 Å². The normalized spacial score (nSPS) is 8.60. The van der Waals surface area contributed by atoms with Gasteiger partial charge in [-0.05, 0) is 0 Å². The monoisotopic (exact) mass is 716 g/mol. The van der Waals surface area contributed by atoms with Crippen LogP contribution in [0.4, 0.5) is 0 Å². The number of ether oxygens (including phenoxy) is 1. The number of hydrogen-bond acceptors (Lipinski definition) is 1. The zero-order valence-corrected chi connectivity index (χ0v) is 29.3. The molecule has 0 saturated carbocycles. The Morgan fingerprint density at radius 2 is 0.628 bits per heavy atom. The third-order valence-electron chi connectivity index (χ3n) is 5.57. The maximum Gasteiger partial charge on any atom is 0.185 e. The minimum atomic E-state index is 0. The molecule has 0 aliphatic rings. The highest BCUT2D eigenvalue weighted by Gasteiger charge is 2.04. The van der Waals surface area contributed by atoms with Crippen LogP contribution < -0.4 is 105 Å². The number of pyridine rings is 4. The van der Waals surface area contributed by atoms with Gasteiger partial charge in [0.1, 0.15) is 0 Å². The van der Waals surface area contributed by atoms with Crippen LogP contribution in [0.15, 0.2) is 97.6 Å². The van der Waals surface area contributed by atoms with Crippen molar-refractivity contribution in [3.05, 3.63) is 120 Å². The van der Waals surface area contributed by atoms with Crippen LogP contribution in [0.5, 0.6) is 0 Å². The molecule has 0 unspecified atom stereocenters. The third-order valence-corrected chi connectivity index (χ3v) is 5.57. The molecule has 0 aliphatic carbocycles. The molecule has 0 aliphatic heterocycles. The van der Waals surface area contributed by atoms with Gasteiger partial charge in [-0.25, -0.2) is 19.9 Å². The number of rotatable bonds is 12. The second-order valence-corrected chi connectivity index (χ2v) is 8.69. The van der Waals surface area contributed by atoms with E-state index in [2.05, 4.69) is 83.8 Å². The lowest BCUT2D eigenvalue weighted by Crippen LogP contribution is -3.00. The van der Waals surface area contributed by atoms with Gasteiger partial charge in [0, 0.05) is 62.8 Å². The molecule has 244 valence electrons. The largest absolute Gasteiger partial charge is 1.00 e. The fourth-order valence-corrected chi connectivity index (χ4v) is 3.66. The minimum absolute atomic E-state index is 0. The van der Waals surface area contributed by atoms with Crippen LogP contribution in [-0.4, -0.2) is 40.4 Å². The van der Waals surface area contributed by atoms with Gasteiger partial charge in [0.25, 0.3) is 0 Å². The second-order valence-electron chi connectivity index (χ2n) is 8.69. The Morgan fingerprint density at radius 1 is 0.419 bits per heavy atom. The Labute approximate surface area is 294 Å². The molecule has 0 amide bonds. The van der Waals surface area contributed by atoms with Crippen LogP contribution in [0.25, 0.3) is 0 Å². The topological polar surface area (TPSA) is 99.0 Å². The quantitative estimate of drug-likeness (QED) is 0.140. The molecule has 0 saturated heterocycles. The second kappa shape index (κ2) is 36.4. The summed E-state index contributed by atoms with van der Waals surface area (Å²) in [5.74, 6) is 0. The molecular weight excluding hydrogens is 673 g/mol. The Morgan fingerprint density at radius 3 is 0.791 bits per heavy atom. The van der Waals surface area contributed by atoms with Crippen molar-refractivity contribution in [2.75, 3.05) is 40.4 Å². The Bertz CT molecular complexity index is 878. The third kappa shape index (κ3) is 27.5. The maximum absolute atomic E-state index is 4.25. The molecule has 4 aromatic rings. The van der Waals surface area contributed by atoms with Gasteiger partial charge in [0.2, 0.25) is 0 Å². The lowest BCUT2D eigenvalue weighted by Gasteiger charge is -1.97. The molecule has 0 spiro atoms. The van der Waals surface area contributed by atoms with E-state index in [0.29, 0.717) is 0 Å². The highest BCUT2D eigenvalue weighted by Crippen LogP contribution is 1.89. The SMILES string of the molecule is COC.[Cl-].[Cl-].[Cl-].[Cl-].[Cl-].[Cl-].c1ccc(CC[NH2+]CCc2cccc[nH+]2)[nH+]c1.c1ccc(CC[NH2+]CCc2cccc[nH+]2)[nH+]c1. The number of aromatic amines is 4. The predicted octanol–water partition coefficient (Wildman–Crippen LogP) is -18.4. The summed E-state index contributed by atoms with van der Waals surface area (Å²) in [6.45, 7) is 4.53. The molecule has 4 rings (SSSR count). The van der Waals surface area contributed by atoms with Crippen molar-refractivity contribution in [1.29, 1.82) is 0 Å². The Balaban J connectivity index is -0.000000182. The molecule has 0 radical (unpaired) electrons. The van der Waals surface area contributed by atoms with E-state index in [-0.39, 0.29) is 74.4 Å². The molecule has 0 fully saturated rings. The lowest BCUT2D eigenvalue weighted by molar-refractivity contribution is -0.656. The molecular formula is C30H46Cl6N6O. The standard InChI is InChI=1S/2C14H17N3.C2H6O.6ClH/c2*1-3-9-16-13(5-1)7-11-15-12-8-14-6-2-4-10-17-14;1-3-2;;;;;;/h2*1-6,9-10,15H,7-8,11-12H2;1-2H3;6*1H. The van der Waals surface area contributed by atoms with Crippen molar-refractivity contribution in [3.8, 4) is 0 Å². The zero-order valence-electron chi connectivity index (χ0n) is 24.7. The van der Waals surface area contributed by atoms with Crippen molar-refractivity contribution < 1.29 is 110 Å². The number of quaternary nitrogens is 2. The zero-order chi connectivity index (χ0) is 26.2. The van der Waals surface area contributed by atoms with E-state index >= 15 is 0 Å².